The Bertz CT molecular complexity index is 376. The number of hydrogen-bond donors (Lipinski definition) is 1. The number of aliphatic hydroxyl groups is 1. The van der Waals surface area contributed by atoms with Gasteiger partial charge in [-0.3, -0.25) is 4.68 Å². The first kappa shape index (κ1) is 13.6. The molecular weight excluding hydrogens is 224 g/mol. The molecule has 0 bridgehead atoms. The zero-order chi connectivity index (χ0) is 13.2. The van der Waals surface area contributed by atoms with Crippen LogP contribution in [0.1, 0.15) is 64.6 Å². The lowest BCUT2D eigenvalue weighted by Crippen LogP contribution is -2.21. The maximum Gasteiger partial charge on any atom is 0.0630 e. The summed E-state index contributed by atoms with van der Waals surface area (Å²) in [5.74, 6) is 0. The second-order valence-electron chi connectivity index (χ2n) is 6.62. The molecule has 0 saturated heterocycles. The smallest absolute Gasteiger partial charge is 0.0630 e. The Hall–Kier alpha value is -0.830. The summed E-state index contributed by atoms with van der Waals surface area (Å²) < 4.78 is 2.15. The predicted octanol–water partition coefficient (Wildman–Crippen LogP) is 3.34. The van der Waals surface area contributed by atoms with E-state index in [2.05, 4.69) is 30.8 Å². The Labute approximate surface area is 110 Å². The van der Waals surface area contributed by atoms with Crippen LogP contribution in [0.25, 0.3) is 0 Å². The maximum absolute atomic E-state index is 9.52. The molecule has 2 rings (SSSR count). The number of rotatable bonds is 5. The van der Waals surface area contributed by atoms with E-state index in [4.69, 9.17) is 5.10 Å². The molecule has 102 valence electrons. The molecule has 3 nitrogen and oxygen atoms in total. The van der Waals surface area contributed by atoms with E-state index < -0.39 is 0 Å². The van der Waals surface area contributed by atoms with Gasteiger partial charge in [0.15, 0.2) is 0 Å². The van der Waals surface area contributed by atoms with Crippen LogP contribution in [0.5, 0.6) is 0 Å². The van der Waals surface area contributed by atoms with Crippen molar-refractivity contribution in [1.29, 1.82) is 0 Å². The SMILES string of the molecule is CC(O)CC(C)(C)Cc1ccn(C2CCCC2)n1. The molecule has 1 aromatic rings. The van der Waals surface area contributed by atoms with Crippen LogP contribution < -0.4 is 0 Å². The first-order valence-corrected chi connectivity index (χ1v) is 7.18. The van der Waals surface area contributed by atoms with Gasteiger partial charge in [-0.1, -0.05) is 26.7 Å². The van der Waals surface area contributed by atoms with E-state index in [-0.39, 0.29) is 11.5 Å². The zero-order valence-electron chi connectivity index (χ0n) is 11.9. The minimum absolute atomic E-state index is 0.114. The van der Waals surface area contributed by atoms with E-state index in [9.17, 15) is 5.11 Å². The van der Waals surface area contributed by atoms with Crippen LogP contribution in [0.15, 0.2) is 12.3 Å². The summed E-state index contributed by atoms with van der Waals surface area (Å²) in [6.45, 7) is 6.27. The summed E-state index contributed by atoms with van der Waals surface area (Å²) in [5.41, 5.74) is 1.27. The third-order valence-electron chi connectivity index (χ3n) is 3.87. The predicted molar refractivity (Wildman–Crippen MR) is 73.5 cm³/mol. The lowest BCUT2D eigenvalue weighted by Gasteiger charge is -2.25. The third kappa shape index (κ3) is 3.58. The first-order valence-electron chi connectivity index (χ1n) is 7.18. The van der Waals surface area contributed by atoms with Crippen LogP contribution in [0.4, 0.5) is 0 Å². The van der Waals surface area contributed by atoms with Gasteiger partial charge in [0.2, 0.25) is 0 Å². The fourth-order valence-corrected chi connectivity index (χ4v) is 3.21. The highest BCUT2D eigenvalue weighted by molar-refractivity contribution is 5.03. The third-order valence-corrected chi connectivity index (χ3v) is 3.87. The summed E-state index contributed by atoms with van der Waals surface area (Å²) >= 11 is 0. The molecule has 1 unspecified atom stereocenters. The summed E-state index contributed by atoms with van der Waals surface area (Å²) in [6, 6.07) is 2.76. The second kappa shape index (κ2) is 5.43. The van der Waals surface area contributed by atoms with Crippen LogP contribution in [0.2, 0.25) is 0 Å². The van der Waals surface area contributed by atoms with Gasteiger partial charge in [-0.2, -0.15) is 5.10 Å². The van der Waals surface area contributed by atoms with Gasteiger partial charge in [0, 0.05) is 6.20 Å². The lowest BCUT2D eigenvalue weighted by molar-refractivity contribution is 0.129. The Morgan fingerprint density at radius 2 is 2.11 bits per heavy atom. The quantitative estimate of drug-likeness (QED) is 0.870. The van der Waals surface area contributed by atoms with Crippen molar-refractivity contribution in [2.45, 2.75) is 71.4 Å². The topological polar surface area (TPSA) is 38.0 Å². The van der Waals surface area contributed by atoms with Gasteiger partial charge in [-0.15, -0.1) is 0 Å². The van der Waals surface area contributed by atoms with Crippen molar-refractivity contribution in [3.05, 3.63) is 18.0 Å². The molecule has 1 saturated carbocycles. The van der Waals surface area contributed by atoms with E-state index in [1.807, 2.05) is 6.92 Å². The molecule has 0 radical (unpaired) electrons. The van der Waals surface area contributed by atoms with E-state index in [0.29, 0.717) is 6.04 Å². The second-order valence-corrected chi connectivity index (χ2v) is 6.62. The zero-order valence-corrected chi connectivity index (χ0v) is 11.9. The standard InChI is InChI=1S/C15H26N2O/c1-12(18)10-15(2,3)11-13-8-9-17(16-13)14-6-4-5-7-14/h8-9,12,14,18H,4-7,10-11H2,1-3H3. The van der Waals surface area contributed by atoms with Crippen LogP contribution in [0, 0.1) is 5.41 Å². The molecule has 18 heavy (non-hydrogen) atoms. The molecule has 0 spiro atoms. The average Bonchev–Trinajstić information content (AvgIpc) is 2.82. The molecule has 1 N–H and O–H groups in total. The summed E-state index contributed by atoms with van der Waals surface area (Å²) in [7, 11) is 0. The van der Waals surface area contributed by atoms with Gasteiger partial charge in [-0.05, 0) is 44.1 Å². The highest BCUT2D eigenvalue weighted by atomic mass is 16.3. The van der Waals surface area contributed by atoms with Crippen molar-refractivity contribution in [2.75, 3.05) is 0 Å². The van der Waals surface area contributed by atoms with Gasteiger partial charge in [0.1, 0.15) is 0 Å². The van der Waals surface area contributed by atoms with Crippen LogP contribution in [0.3, 0.4) is 0 Å². The lowest BCUT2D eigenvalue weighted by atomic mass is 9.82. The molecule has 3 heteroatoms. The van der Waals surface area contributed by atoms with Crippen LogP contribution in [-0.2, 0) is 6.42 Å². The van der Waals surface area contributed by atoms with Gasteiger partial charge >= 0.3 is 0 Å². The molecule has 1 heterocycles. The van der Waals surface area contributed by atoms with Crippen molar-refractivity contribution >= 4 is 0 Å². The van der Waals surface area contributed by atoms with E-state index in [0.717, 1.165) is 18.5 Å². The van der Waals surface area contributed by atoms with Crippen molar-refractivity contribution in [2.24, 2.45) is 5.41 Å². The van der Waals surface area contributed by atoms with Crippen LogP contribution >= 0.6 is 0 Å². The van der Waals surface area contributed by atoms with Gasteiger partial charge in [-0.25, -0.2) is 0 Å². The first-order chi connectivity index (χ1) is 8.46. The fraction of sp³-hybridized carbons (Fsp3) is 0.800. The molecule has 1 aromatic heterocycles. The number of aromatic nitrogens is 2. The Balaban J connectivity index is 1.97. The fourth-order valence-electron chi connectivity index (χ4n) is 3.21. The molecule has 1 fully saturated rings. The molecule has 1 atom stereocenters. The van der Waals surface area contributed by atoms with E-state index in [1.165, 1.54) is 25.7 Å². The summed E-state index contributed by atoms with van der Waals surface area (Å²) in [5, 5.41) is 14.2. The monoisotopic (exact) mass is 250 g/mol. The molecule has 0 amide bonds. The summed E-state index contributed by atoms with van der Waals surface area (Å²) in [6.07, 6.45) is 8.89. The Morgan fingerprint density at radius 1 is 1.44 bits per heavy atom. The largest absolute Gasteiger partial charge is 0.393 e. The molecule has 0 aliphatic heterocycles. The molecule has 1 aliphatic carbocycles. The highest BCUT2D eigenvalue weighted by Gasteiger charge is 2.23. The maximum atomic E-state index is 9.52. The summed E-state index contributed by atoms with van der Waals surface area (Å²) in [4.78, 5) is 0. The van der Waals surface area contributed by atoms with E-state index in [1.54, 1.807) is 0 Å². The van der Waals surface area contributed by atoms with Gasteiger partial charge < -0.3 is 5.11 Å². The van der Waals surface area contributed by atoms with Crippen molar-refractivity contribution in [3.63, 3.8) is 0 Å². The molecule has 0 aromatic carbocycles. The molecular formula is C15H26N2O. The van der Waals surface area contributed by atoms with Crippen molar-refractivity contribution in [3.8, 4) is 0 Å². The van der Waals surface area contributed by atoms with Gasteiger partial charge in [0.25, 0.3) is 0 Å². The Kier molecular flexibility index (Phi) is 4.10. The van der Waals surface area contributed by atoms with Crippen molar-refractivity contribution in [1.82, 2.24) is 9.78 Å². The normalized spacial score (nSPS) is 19.3. The number of hydrogen-bond acceptors (Lipinski definition) is 2. The number of aliphatic hydroxyl groups excluding tert-OH is 1. The Morgan fingerprint density at radius 3 is 2.72 bits per heavy atom. The number of nitrogens with zero attached hydrogens (tertiary/aromatic N) is 2. The van der Waals surface area contributed by atoms with Crippen LogP contribution in [-0.4, -0.2) is 21.0 Å². The average molecular weight is 250 g/mol. The van der Waals surface area contributed by atoms with Gasteiger partial charge in [0.05, 0.1) is 17.8 Å². The minimum Gasteiger partial charge on any atom is -0.393 e. The molecule has 1 aliphatic rings. The highest BCUT2D eigenvalue weighted by Crippen LogP contribution is 2.30. The minimum atomic E-state index is -0.239. The van der Waals surface area contributed by atoms with Crippen molar-refractivity contribution < 1.29 is 5.11 Å². The van der Waals surface area contributed by atoms with E-state index >= 15 is 0 Å².